The van der Waals surface area contributed by atoms with Crippen LogP contribution in [0.3, 0.4) is 0 Å². The van der Waals surface area contributed by atoms with Crippen molar-refractivity contribution < 1.29 is 0 Å². The van der Waals surface area contributed by atoms with Gasteiger partial charge in [0.15, 0.2) is 5.16 Å². The maximum Gasteiger partial charge on any atom is 0.167 e. The quantitative estimate of drug-likeness (QED) is 0.715. The molecule has 4 heteroatoms. The van der Waals surface area contributed by atoms with Crippen LogP contribution in [0.15, 0.2) is 17.6 Å². The van der Waals surface area contributed by atoms with Gasteiger partial charge >= 0.3 is 0 Å². The first-order valence-corrected chi connectivity index (χ1v) is 5.02. The van der Waals surface area contributed by atoms with Crippen LogP contribution in [0, 0.1) is 5.92 Å². The Bertz CT molecular complexity index is 234. The number of hydrogen-bond donors (Lipinski definition) is 1. The third-order valence-corrected chi connectivity index (χ3v) is 3.06. The summed E-state index contributed by atoms with van der Waals surface area (Å²) in [6.07, 6.45) is 3.77. The molecule has 1 heterocycles. The van der Waals surface area contributed by atoms with Crippen molar-refractivity contribution >= 4 is 11.8 Å². The van der Waals surface area contributed by atoms with Gasteiger partial charge in [-0.3, -0.25) is 0 Å². The molecule has 0 aliphatic heterocycles. The second-order valence-corrected chi connectivity index (χ2v) is 3.96. The van der Waals surface area contributed by atoms with E-state index in [1.54, 1.807) is 11.8 Å². The van der Waals surface area contributed by atoms with Gasteiger partial charge in [-0.05, 0) is 12.5 Å². The molecule has 0 aliphatic carbocycles. The SMILES string of the molecule is CC(CN)CSc1nccn1C. The predicted octanol–water partition coefficient (Wildman–Crippen LogP) is 1.11. The van der Waals surface area contributed by atoms with Crippen molar-refractivity contribution in [2.45, 2.75) is 12.1 Å². The van der Waals surface area contributed by atoms with Crippen LogP contribution in [0.1, 0.15) is 6.92 Å². The summed E-state index contributed by atoms with van der Waals surface area (Å²) in [6, 6.07) is 0. The van der Waals surface area contributed by atoms with Crippen molar-refractivity contribution in [3.05, 3.63) is 12.4 Å². The highest BCUT2D eigenvalue weighted by Crippen LogP contribution is 2.17. The van der Waals surface area contributed by atoms with E-state index >= 15 is 0 Å². The molecule has 1 aromatic rings. The predicted molar refractivity (Wildman–Crippen MR) is 52.2 cm³/mol. The van der Waals surface area contributed by atoms with Crippen LogP contribution in [0.2, 0.25) is 0 Å². The molecule has 1 unspecified atom stereocenters. The van der Waals surface area contributed by atoms with Crippen molar-refractivity contribution in [2.75, 3.05) is 12.3 Å². The summed E-state index contributed by atoms with van der Waals surface area (Å²) >= 11 is 1.76. The lowest BCUT2D eigenvalue weighted by Crippen LogP contribution is -2.13. The third-order valence-electron chi connectivity index (χ3n) is 1.68. The number of rotatable bonds is 4. The van der Waals surface area contributed by atoms with Crippen molar-refractivity contribution in [3.63, 3.8) is 0 Å². The van der Waals surface area contributed by atoms with E-state index in [4.69, 9.17) is 5.73 Å². The zero-order chi connectivity index (χ0) is 8.97. The van der Waals surface area contributed by atoms with Gasteiger partial charge in [0.05, 0.1) is 0 Å². The first-order chi connectivity index (χ1) is 5.74. The van der Waals surface area contributed by atoms with Gasteiger partial charge in [-0.15, -0.1) is 0 Å². The number of nitrogens with two attached hydrogens (primary N) is 1. The molecule has 0 amide bonds. The van der Waals surface area contributed by atoms with Gasteiger partial charge in [-0.1, -0.05) is 18.7 Å². The molecule has 0 saturated heterocycles. The van der Waals surface area contributed by atoms with Gasteiger partial charge < -0.3 is 10.3 Å². The highest BCUT2D eigenvalue weighted by Gasteiger charge is 2.03. The zero-order valence-electron chi connectivity index (χ0n) is 7.53. The molecule has 1 rings (SSSR count). The lowest BCUT2D eigenvalue weighted by atomic mass is 10.2. The average Bonchev–Trinajstić information content (AvgIpc) is 2.47. The van der Waals surface area contributed by atoms with Gasteiger partial charge in [0.2, 0.25) is 0 Å². The molecule has 0 aliphatic rings. The normalized spacial score (nSPS) is 13.2. The summed E-state index contributed by atoms with van der Waals surface area (Å²) in [5.41, 5.74) is 5.51. The van der Waals surface area contributed by atoms with Crippen LogP contribution in [-0.2, 0) is 7.05 Å². The van der Waals surface area contributed by atoms with E-state index < -0.39 is 0 Å². The van der Waals surface area contributed by atoms with Gasteiger partial charge in [0.1, 0.15) is 0 Å². The number of imidazole rings is 1. The summed E-state index contributed by atoms with van der Waals surface area (Å²) in [5.74, 6) is 1.60. The highest BCUT2D eigenvalue weighted by molar-refractivity contribution is 7.99. The van der Waals surface area contributed by atoms with Crippen molar-refractivity contribution in [1.29, 1.82) is 0 Å². The average molecular weight is 185 g/mol. The van der Waals surface area contributed by atoms with E-state index in [9.17, 15) is 0 Å². The Balaban J connectivity index is 2.38. The van der Waals surface area contributed by atoms with Crippen molar-refractivity contribution in [2.24, 2.45) is 18.7 Å². The molecule has 0 radical (unpaired) electrons. The van der Waals surface area contributed by atoms with Crippen LogP contribution in [-0.4, -0.2) is 21.8 Å². The molecule has 0 aromatic carbocycles. The number of thioether (sulfide) groups is 1. The molecule has 0 bridgehead atoms. The molecular formula is C8H15N3S. The van der Waals surface area contributed by atoms with E-state index in [1.807, 2.05) is 24.0 Å². The number of hydrogen-bond acceptors (Lipinski definition) is 3. The second kappa shape index (κ2) is 4.52. The van der Waals surface area contributed by atoms with Gasteiger partial charge in [0, 0.05) is 25.2 Å². The Kier molecular flexibility index (Phi) is 3.62. The molecule has 68 valence electrons. The fourth-order valence-corrected chi connectivity index (χ4v) is 1.75. The van der Waals surface area contributed by atoms with E-state index in [0.717, 1.165) is 17.5 Å². The lowest BCUT2D eigenvalue weighted by molar-refractivity contribution is 0.672. The summed E-state index contributed by atoms with van der Waals surface area (Å²) in [6.45, 7) is 2.90. The topological polar surface area (TPSA) is 43.8 Å². The lowest BCUT2D eigenvalue weighted by Gasteiger charge is -2.06. The van der Waals surface area contributed by atoms with Crippen LogP contribution in [0.4, 0.5) is 0 Å². The summed E-state index contributed by atoms with van der Waals surface area (Å²) < 4.78 is 2.02. The van der Waals surface area contributed by atoms with Gasteiger partial charge in [0.25, 0.3) is 0 Å². The fourth-order valence-electron chi connectivity index (χ4n) is 0.776. The van der Waals surface area contributed by atoms with Crippen molar-refractivity contribution in [3.8, 4) is 0 Å². The van der Waals surface area contributed by atoms with Crippen molar-refractivity contribution in [1.82, 2.24) is 9.55 Å². The standard InChI is InChI=1S/C8H15N3S/c1-7(5-9)6-12-8-10-3-4-11(8)2/h3-4,7H,5-6,9H2,1-2H3. The molecule has 0 spiro atoms. The molecule has 0 fully saturated rings. The number of nitrogens with zero attached hydrogens (tertiary/aromatic N) is 2. The number of aromatic nitrogens is 2. The first-order valence-electron chi connectivity index (χ1n) is 4.04. The Hall–Kier alpha value is -0.480. The minimum Gasteiger partial charge on any atom is -0.330 e. The van der Waals surface area contributed by atoms with Gasteiger partial charge in [-0.25, -0.2) is 4.98 Å². The second-order valence-electron chi connectivity index (χ2n) is 2.97. The summed E-state index contributed by atoms with van der Waals surface area (Å²) in [5, 5.41) is 1.07. The van der Waals surface area contributed by atoms with E-state index in [-0.39, 0.29) is 0 Å². The Morgan fingerprint density at radius 2 is 2.50 bits per heavy atom. The molecule has 12 heavy (non-hydrogen) atoms. The summed E-state index contributed by atoms with van der Waals surface area (Å²) in [7, 11) is 2.00. The molecule has 1 aromatic heterocycles. The zero-order valence-corrected chi connectivity index (χ0v) is 8.34. The molecule has 3 nitrogen and oxygen atoms in total. The van der Waals surface area contributed by atoms with E-state index in [0.29, 0.717) is 5.92 Å². The van der Waals surface area contributed by atoms with E-state index in [1.165, 1.54) is 0 Å². The minimum atomic E-state index is 0.562. The Labute approximate surface area is 77.4 Å². The monoisotopic (exact) mass is 185 g/mol. The maximum absolute atomic E-state index is 5.51. The van der Waals surface area contributed by atoms with E-state index in [2.05, 4.69) is 11.9 Å². The summed E-state index contributed by atoms with van der Waals surface area (Å²) in [4.78, 5) is 4.21. The van der Waals surface area contributed by atoms with Gasteiger partial charge in [-0.2, -0.15) is 0 Å². The molecule has 2 N–H and O–H groups in total. The first kappa shape index (κ1) is 9.61. The fraction of sp³-hybridized carbons (Fsp3) is 0.625. The smallest absolute Gasteiger partial charge is 0.167 e. The Morgan fingerprint density at radius 3 is 3.00 bits per heavy atom. The third kappa shape index (κ3) is 2.53. The van der Waals surface area contributed by atoms with Crippen LogP contribution >= 0.6 is 11.8 Å². The largest absolute Gasteiger partial charge is 0.330 e. The maximum atomic E-state index is 5.51. The van der Waals surface area contributed by atoms with Crippen LogP contribution in [0.25, 0.3) is 0 Å². The number of aryl methyl sites for hydroxylation is 1. The van der Waals surface area contributed by atoms with Crippen LogP contribution < -0.4 is 5.73 Å². The molecule has 0 saturated carbocycles. The molecular weight excluding hydrogens is 170 g/mol. The Morgan fingerprint density at radius 1 is 1.75 bits per heavy atom. The molecule has 1 atom stereocenters. The highest BCUT2D eigenvalue weighted by atomic mass is 32.2. The van der Waals surface area contributed by atoms with Crippen LogP contribution in [0.5, 0.6) is 0 Å². The minimum absolute atomic E-state index is 0.562.